The molecule has 1 aromatic heterocycles. The number of amides is 1. The van der Waals surface area contributed by atoms with Crippen LogP contribution in [0, 0.1) is 5.82 Å². The molecule has 1 heterocycles. The van der Waals surface area contributed by atoms with Crippen LogP contribution in [0.15, 0.2) is 34.9 Å². The van der Waals surface area contributed by atoms with Crippen LogP contribution in [-0.4, -0.2) is 18.5 Å². The minimum absolute atomic E-state index is 0.0626. The largest absolute Gasteiger partial charge is 0.467 e. The second-order valence-electron chi connectivity index (χ2n) is 4.18. The van der Waals surface area contributed by atoms with Gasteiger partial charge in [-0.2, -0.15) is 0 Å². The molecule has 5 nitrogen and oxygen atoms in total. The summed E-state index contributed by atoms with van der Waals surface area (Å²) in [6, 6.07) is 5.31. The summed E-state index contributed by atoms with van der Waals surface area (Å²) in [6.45, 7) is -0.361. The van der Waals surface area contributed by atoms with E-state index in [4.69, 9.17) is 32.4 Å². The molecular formula is C14H10Cl2FNO4. The van der Waals surface area contributed by atoms with E-state index in [1.54, 1.807) is 12.1 Å². The first kappa shape index (κ1) is 16.3. The van der Waals surface area contributed by atoms with E-state index in [2.05, 4.69) is 5.32 Å². The van der Waals surface area contributed by atoms with Crippen LogP contribution in [0.2, 0.25) is 10.0 Å². The second-order valence-corrected chi connectivity index (χ2v) is 4.99. The summed E-state index contributed by atoms with van der Waals surface area (Å²) in [7, 11) is 0. The first-order valence-electron chi connectivity index (χ1n) is 6.08. The molecule has 0 unspecified atom stereocenters. The SMILES string of the molecule is O=C(COC(=O)c1cc(F)c(Cl)cc1Cl)NCc1ccco1. The van der Waals surface area contributed by atoms with Gasteiger partial charge in [-0.05, 0) is 24.3 Å². The van der Waals surface area contributed by atoms with Crippen LogP contribution in [0.1, 0.15) is 16.1 Å². The van der Waals surface area contributed by atoms with Crippen LogP contribution >= 0.6 is 23.2 Å². The molecule has 8 heteroatoms. The number of furan rings is 1. The normalized spacial score (nSPS) is 10.3. The lowest BCUT2D eigenvalue weighted by Crippen LogP contribution is -2.28. The highest BCUT2D eigenvalue weighted by Gasteiger charge is 2.16. The van der Waals surface area contributed by atoms with Crippen LogP contribution < -0.4 is 5.32 Å². The fraction of sp³-hybridized carbons (Fsp3) is 0.143. The number of benzene rings is 1. The van der Waals surface area contributed by atoms with Crippen LogP contribution in [0.5, 0.6) is 0 Å². The van der Waals surface area contributed by atoms with Crippen molar-refractivity contribution in [1.29, 1.82) is 0 Å². The van der Waals surface area contributed by atoms with Gasteiger partial charge in [0, 0.05) is 0 Å². The Kier molecular flexibility index (Phi) is 5.41. The predicted molar refractivity (Wildman–Crippen MR) is 77.3 cm³/mol. The first-order valence-corrected chi connectivity index (χ1v) is 6.83. The lowest BCUT2D eigenvalue weighted by atomic mass is 10.2. The number of hydrogen-bond acceptors (Lipinski definition) is 4. The van der Waals surface area contributed by atoms with Gasteiger partial charge in [0.1, 0.15) is 11.6 Å². The summed E-state index contributed by atoms with van der Waals surface area (Å²) in [5, 5.41) is 2.22. The highest BCUT2D eigenvalue weighted by molar-refractivity contribution is 6.36. The fourth-order valence-electron chi connectivity index (χ4n) is 1.54. The molecule has 116 valence electrons. The summed E-state index contributed by atoms with van der Waals surface area (Å²) in [6.07, 6.45) is 1.47. The molecule has 0 atom stereocenters. The third-order valence-corrected chi connectivity index (χ3v) is 3.21. The summed E-state index contributed by atoms with van der Waals surface area (Å²) in [5.41, 5.74) is -0.206. The molecule has 0 fully saturated rings. The summed E-state index contributed by atoms with van der Waals surface area (Å²) in [4.78, 5) is 23.3. The average Bonchev–Trinajstić information content (AvgIpc) is 2.99. The van der Waals surface area contributed by atoms with E-state index < -0.39 is 24.3 Å². The minimum atomic E-state index is -0.922. The molecule has 2 aromatic rings. The van der Waals surface area contributed by atoms with Crippen LogP contribution in [0.4, 0.5) is 4.39 Å². The number of esters is 1. The molecule has 0 aliphatic carbocycles. The Hall–Kier alpha value is -2.05. The van der Waals surface area contributed by atoms with Gasteiger partial charge < -0.3 is 14.5 Å². The molecule has 1 N–H and O–H groups in total. The third kappa shape index (κ3) is 4.22. The fourth-order valence-corrected chi connectivity index (χ4v) is 2.00. The number of nitrogens with one attached hydrogen (secondary N) is 1. The monoisotopic (exact) mass is 345 g/mol. The lowest BCUT2D eigenvalue weighted by molar-refractivity contribution is -0.124. The van der Waals surface area contributed by atoms with Crippen molar-refractivity contribution < 1.29 is 23.1 Å². The molecule has 0 aliphatic heterocycles. The van der Waals surface area contributed by atoms with Crippen LogP contribution in [0.3, 0.4) is 0 Å². The molecular weight excluding hydrogens is 336 g/mol. The molecule has 0 spiro atoms. The number of rotatable bonds is 5. The van der Waals surface area contributed by atoms with E-state index in [0.29, 0.717) is 5.76 Å². The average molecular weight is 346 g/mol. The topological polar surface area (TPSA) is 68.5 Å². The van der Waals surface area contributed by atoms with E-state index in [1.807, 2.05) is 0 Å². The van der Waals surface area contributed by atoms with Crippen LogP contribution in [0.25, 0.3) is 0 Å². The third-order valence-electron chi connectivity index (χ3n) is 2.60. The van der Waals surface area contributed by atoms with Gasteiger partial charge in [0.25, 0.3) is 5.91 Å². The van der Waals surface area contributed by atoms with Gasteiger partial charge in [-0.1, -0.05) is 23.2 Å². The molecule has 0 radical (unpaired) electrons. The zero-order valence-electron chi connectivity index (χ0n) is 11.1. The first-order chi connectivity index (χ1) is 10.5. The molecule has 0 aliphatic rings. The Morgan fingerprint density at radius 1 is 1.27 bits per heavy atom. The highest BCUT2D eigenvalue weighted by atomic mass is 35.5. The minimum Gasteiger partial charge on any atom is -0.467 e. The molecule has 0 bridgehead atoms. The molecule has 0 saturated heterocycles. The molecule has 1 amide bonds. The maximum atomic E-state index is 13.3. The molecule has 1 aromatic carbocycles. The Morgan fingerprint density at radius 3 is 2.73 bits per heavy atom. The molecule has 22 heavy (non-hydrogen) atoms. The van der Waals surface area contributed by atoms with Crippen molar-refractivity contribution in [2.24, 2.45) is 0 Å². The Morgan fingerprint density at radius 2 is 2.05 bits per heavy atom. The predicted octanol–water partition coefficient (Wildman–Crippen LogP) is 3.20. The number of halogens is 3. The zero-order valence-corrected chi connectivity index (χ0v) is 12.6. The van der Waals surface area contributed by atoms with Gasteiger partial charge in [0.05, 0.1) is 28.4 Å². The van der Waals surface area contributed by atoms with Gasteiger partial charge in [-0.15, -0.1) is 0 Å². The van der Waals surface area contributed by atoms with Gasteiger partial charge in [-0.3, -0.25) is 4.79 Å². The highest BCUT2D eigenvalue weighted by Crippen LogP contribution is 2.24. The summed E-state index contributed by atoms with van der Waals surface area (Å²) >= 11 is 11.3. The summed E-state index contributed by atoms with van der Waals surface area (Å²) in [5.74, 6) is -1.70. The Labute approximate surface area is 135 Å². The molecule has 2 rings (SSSR count). The Bertz CT molecular complexity index is 688. The maximum Gasteiger partial charge on any atom is 0.340 e. The van der Waals surface area contributed by atoms with Gasteiger partial charge in [-0.25, -0.2) is 9.18 Å². The van der Waals surface area contributed by atoms with Gasteiger partial charge in [0.15, 0.2) is 6.61 Å². The van der Waals surface area contributed by atoms with Crippen molar-refractivity contribution in [1.82, 2.24) is 5.32 Å². The quantitative estimate of drug-likeness (QED) is 0.667. The van der Waals surface area contributed by atoms with E-state index in [-0.39, 0.29) is 22.2 Å². The maximum absolute atomic E-state index is 13.3. The van der Waals surface area contributed by atoms with E-state index in [0.717, 1.165) is 12.1 Å². The zero-order chi connectivity index (χ0) is 16.1. The number of hydrogen-bond donors (Lipinski definition) is 1. The lowest BCUT2D eigenvalue weighted by Gasteiger charge is -2.07. The van der Waals surface area contributed by atoms with E-state index in [1.165, 1.54) is 6.26 Å². The summed E-state index contributed by atoms with van der Waals surface area (Å²) < 4.78 is 23.1. The van der Waals surface area contributed by atoms with Crippen molar-refractivity contribution in [2.75, 3.05) is 6.61 Å². The number of ether oxygens (including phenoxy) is 1. The second kappa shape index (κ2) is 7.29. The van der Waals surface area contributed by atoms with Crippen LogP contribution in [-0.2, 0) is 16.1 Å². The van der Waals surface area contributed by atoms with Crippen molar-refractivity contribution in [3.63, 3.8) is 0 Å². The number of carbonyl (C=O) groups excluding carboxylic acids is 2. The van der Waals surface area contributed by atoms with E-state index >= 15 is 0 Å². The Balaban J connectivity index is 1.87. The standard InChI is InChI=1S/C14H10Cl2FNO4/c15-10-5-11(16)12(17)4-9(10)14(20)22-7-13(19)18-6-8-2-1-3-21-8/h1-5H,6-7H2,(H,18,19). The van der Waals surface area contributed by atoms with Crippen molar-refractivity contribution in [2.45, 2.75) is 6.54 Å². The van der Waals surface area contributed by atoms with Crippen molar-refractivity contribution in [3.05, 3.63) is 57.7 Å². The number of carbonyl (C=O) groups is 2. The van der Waals surface area contributed by atoms with E-state index in [9.17, 15) is 14.0 Å². The van der Waals surface area contributed by atoms with Gasteiger partial charge >= 0.3 is 5.97 Å². The van der Waals surface area contributed by atoms with Crippen molar-refractivity contribution in [3.8, 4) is 0 Å². The van der Waals surface area contributed by atoms with Crippen molar-refractivity contribution >= 4 is 35.1 Å². The molecule has 0 saturated carbocycles. The smallest absolute Gasteiger partial charge is 0.340 e. The van der Waals surface area contributed by atoms with Gasteiger partial charge in [0.2, 0.25) is 0 Å².